The van der Waals surface area contributed by atoms with E-state index in [-0.39, 0.29) is 54.6 Å². The maximum absolute atomic E-state index is 14.5. The molecule has 1 aromatic carbocycles. The van der Waals surface area contributed by atoms with Gasteiger partial charge in [0.25, 0.3) is 5.56 Å². The molecule has 0 spiro atoms. The van der Waals surface area contributed by atoms with E-state index in [4.69, 9.17) is 41.4 Å². The number of rotatable bonds is 8. The number of carbonyl (C=O) groups is 1. The van der Waals surface area contributed by atoms with E-state index in [1.807, 2.05) is 0 Å². The third kappa shape index (κ3) is 6.01. The number of aromatic nitrogens is 4. The minimum atomic E-state index is -4.19. The summed E-state index contributed by atoms with van der Waals surface area (Å²) in [5.74, 6) is -2.18. The standard InChI is InChI=1S/C26H31ClFN6O7P/c1-12(2)21(29)25(36)40-20-9-18(34-11-31-22-23(34)32-26(30)33-24(22)35)13(3)16(20)10-39-42(37)38-7-6-19(41-42)15-8-14(27)4-5-17(15)28/h4-5,8,11-12,16,18-21H,3,6-7,9-10,29H2,1-2H3,(H3,30,32,33,35)/t16-,18-,19+,20-,21-,42-/m0/s1. The molecule has 1 aliphatic carbocycles. The number of esters is 1. The summed E-state index contributed by atoms with van der Waals surface area (Å²) in [7, 11) is -4.19. The van der Waals surface area contributed by atoms with Gasteiger partial charge in [-0.1, -0.05) is 32.0 Å². The van der Waals surface area contributed by atoms with E-state index in [1.54, 1.807) is 18.4 Å². The van der Waals surface area contributed by atoms with Gasteiger partial charge in [-0.15, -0.1) is 0 Å². The molecule has 1 saturated heterocycles. The zero-order valence-corrected chi connectivity index (χ0v) is 24.5. The summed E-state index contributed by atoms with van der Waals surface area (Å²) in [4.78, 5) is 36.0. The fourth-order valence-electron chi connectivity index (χ4n) is 5.05. The number of nitrogens with zero attached hydrogens (tertiary/aromatic N) is 3. The van der Waals surface area contributed by atoms with Crippen molar-refractivity contribution < 1.29 is 32.1 Å². The molecule has 2 aromatic heterocycles. The summed E-state index contributed by atoms with van der Waals surface area (Å²) < 4.78 is 52.2. The number of nitrogens with two attached hydrogens (primary N) is 2. The van der Waals surface area contributed by atoms with Crippen molar-refractivity contribution in [3.8, 4) is 0 Å². The van der Waals surface area contributed by atoms with Gasteiger partial charge in [0.05, 0.1) is 31.7 Å². The highest BCUT2D eigenvalue weighted by atomic mass is 35.5. The Morgan fingerprint density at radius 1 is 1.40 bits per heavy atom. The lowest BCUT2D eigenvalue weighted by molar-refractivity contribution is -0.153. The third-order valence-electron chi connectivity index (χ3n) is 7.46. The maximum atomic E-state index is 14.5. The number of halogens is 2. The Balaban J connectivity index is 1.40. The number of hydrogen-bond donors (Lipinski definition) is 3. The smallest absolute Gasteiger partial charge is 0.460 e. The molecule has 5 rings (SSSR count). The summed E-state index contributed by atoms with van der Waals surface area (Å²) in [5, 5.41) is 0.292. The topological polar surface area (TPSA) is 187 Å². The number of nitrogen functional groups attached to an aromatic ring is 1. The highest BCUT2D eigenvalue weighted by molar-refractivity contribution is 7.48. The molecule has 3 aromatic rings. The molecule has 1 saturated carbocycles. The predicted octanol–water partition coefficient (Wildman–Crippen LogP) is 3.81. The highest BCUT2D eigenvalue weighted by Crippen LogP contribution is 2.58. The zero-order valence-electron chi connectivity index (χ0n) is 22.9. The van der Waals surface area contributed by atoms with E-state index in [1.165, 1.54) is 24.5 Å². The van der Waals surface area contributed by atoms with Gasteiger partial charge in [-0.3, -0.25) is 28.1 Å². The molecular formula is C26H31ClFN6O7P. The van der Waals surface area contributed by atoms with Crippen molar-refractivity contribution in [1.82, 2.24) is 19.5 Å². The number of hydrogen-bond acceptors (Lipinski definition) is 11. The Morgan fingerprint density at radius 2 is 2.17 bits per heavy atom. The first-order valence-electron chi connectivity index (χ1n) is 13.3. The van der Waals surface area contributed by atoms with E-state index in [0.717, 1.165) is 0 Å². The predicted molar refractivity (Wildman–Crippen MR) is 151 cm³/mol. The van der Waals surface area contributed by atoms with Gasteiger partial charge < -0.3 is 20.8 Å². The molecular weight excluding hydrogens is 594 g/mol. The highest BCUT2D eigenvalue weighted by Gasteiger charge is 2.45. The van der Waals surface area contributed by atoms with Gasteiger partial charge in [-0.05, 0) is 29.7 Å². The van der Waals surface area contributed by atoms with Crippen molar-refractivity contribution in [3.63, 3.8) is 0 Å². The number of imidazole rings is 1. The van der Waals surface area contributed by atoms with Crippen LogP contribution < -0.4 is 17.0 Å². The number of phosphoric acid groups is 1. The van der Waals surface area contributed by atoms with Crippen LogP contribution >= 0.6 is 19.4 Å². The van der Waals surface area contributed by atoms with Crippen molar-refractivity contribution in [2.45, 2.75) is 51.0 Å². The lowest BCUT2D eigenvalue weighted by atomic mass is 10.0. The van der Waals surface area contributed by atoms with Crippen LogP contribution in [0.4, 0.5) is 10.3 Å². The largest absolute Gasteiger partial charge is 0.475 e. The summed E-state index contributed by atoms with van der Waals surface area (Å²) in [6.45, 7) is 7.47. The number of ether oxygens (including phenoxy) is 1. The Bertz CT molecular complexity index is 1630. The van der Waals surface area contributed by atoms with Crippen LogP contribution in [-0.2, 0) is 27.7 Å². The van der Waals surface area contributed by atoms with E-state index < -0.39 is 55.4 Å². The molecule has 2 aliphatic rings. The van der Waals surface area contributed by atoms with E-state index in [9.17, 15) is 18.5 Å². The van der Waals surface area contributed by atoms with Gasteiger partial charge >= 0.3 is 13.8 Å². The first-order valence-corrected chi connectivity index (χ1v) is 15.1. The molecule has 0 radical (unpaired) electrons. The average molecular weight is 625 g/mol. The molecule has 16 heteroatoms. The number of aromatic amines is 1. The second-order valence-corrected chi connectivity index (χ2v) is 12.6. The normalized spacial score (nSPS) is 27.0. The average Bonchev–Trinajstić information content (AvgIpc) is 3.48. The van der Waals surface area contributed by atoms with Crippen molar-refractivity contribution in [2.24, 2.45) is 17.6 Å². The molecule has 5 N–H and O–H groups in total. The number of H-pyrrole nitrogens is 1. The van der Waals surface area contributed by atoms with E-state index >= 15 is 0 Å². The van der Waals surface area contributed by atoms with Gasteiger partial charge in [-0.2, -0.15) is 4.98 Å². The number of nitrogens with one attached hydrogen (secondary N) is 1. The van der Waals surface area contributed by atoms with Crippen LogP contribution in [0.3, 0.4) is 0 Å². The maximum Gasteiger partial charge on any atom is 0.475 e. The van der Waals surface area contributed by atoms with Crippen LogP contribution in [0.5, 0.6) is 0 Å². The first kappa shape index (κ1) is 30.3. The van der Waals surface area contributed by atoms with Crippen molar-refractivity contribution in [2.75, 3.05) is 18.9 Å². The van der Waals surface area contributed by atoms with Gasteiger partial charge in [0, 0.05) is 29.3 Å². The molecule has 3 heterocycles. The molecule has 42 heavy (non-hydrogen) atoms. The van der Waals surface area contributed by atoms with E-state index in [0.29, 0.717) is 10.6 Å². The van der Waals surface area contributed by atoms with Gasteiger partial charge in [-0.25, -0.2) is 13.9 Å². The summed E-state index contributed by atoms with van der Waals surface area (Å²) in [5.41, 5.74) is 12.2. The number of benzene rings is 1. The number of carbonyl (C=O) groups excluding carboxylic acids is 1. The summed E-state index contributed by atoms with van der Waals surface area (Å²) in [6, 6.07) is 2.56. The lowest BCUT2D eigenvalue weighted by Gasteiger charge is -2.30. The third-order valence-corrected chi connectivity index (χ3v) is 9.17. The van der Waals surface area contributed by atoms with Crippen LogP contribution in [0, 0.1) is 17.7 Å². The number of anilines is 1. The van der Waals surface area contributed by atoms with Crippen LogP contribution in [0.15, 0.2) is 41.5 Å². The Labute approximate surface area is 244 Å². The van der Waals surface area contributed by atoms with Gasteiger partial charge in [0.15, 0.2) is 11.2 Å². The minimum absolute atomic E-state index is 0.0214. The molecule has 0 bridgehead atoms. The number of phosphoric ester groups is 1. The van der Waals surface area contributed by atoms with Crippen molar-refractivity contribution >= 4 is 42.5 Å². The monoisotopic (exact) mass is 624 g/mol. The van der Waals surface area contributed by atoms with Gasteiger partial charge in [0.1, 0.15) is 18.0 Å². The Hall–Kier alpha value is -3.13. The lowest BCUT2D eigenvalue weighted by Crippen LogP contribution is -2.40. The second kappa shape index (κ2) is 11.9. The zero-order chi connectivity index (χ0) is 30.3. The molecule has 226 valence electrons. The fourth-order valence-corrected chi connectivity index (χ4v) is 6.63. The number of fused-ring (bicyclic) bond motifs is 1. The van der Waals surface area contributed by atoms with Crippen LogP contribution in [0.2, 0.25) is 5.02 Å². The first-order chi connectivity index (χ1) is 19.9. The molecule has 0 unspecified atom stereocenters. The van der Waals surface area contributed by atoms with Crippen molar-refractivity contribution in [1.29, 1.82) is 0 Å². The molecule has 0 amide bonds. The molecule has 1 aliphatic heterocycles. The fraction of sp³-hybridized carbons (Fsp3) is 0.462. The van der Waals surface area contributed by atoms with Crippen LogP contribution in [0.1, 0.15) is 44.4 Å². The Kier molecular flexibility index (Phi) is 8.57. The molecule has 13 nitrogen and oxygen atoms in total. The van der Waals surface area contributed by atoms with E-state index in [2.05, 4.69) is 21.5 Å². The van der Waals surface area contributed by atoms with Crippen LogP contribution in [0.25, 0.3) is 11.2 Å². The summed E-state index contributed by atoms with van der Waals surface area (Å²) in [6.07, 6.45) is 0.107. The van der Waals surface area contributed by atoms with Gasteiger partial charge in [0.2, 0.25) is 5.95 Å². The second-order valence-electron chi connectivity index (χ2n) is 10.6. The quantitative estimate of drug-likeness (QED) is 0.188. The SMILES string of the molecule is C=C1[C@H](CO[P@]2(=O)OCC[C@H](c3cc(Cl)ccc3F)O2)[C@@H](OC(=O)[C@@H](N)C(C)C)C[C@@H]1n1cnc2c(=O)[nH]c(N)nc21. The molecule has 6 atom stereocenters. The van der Waals surface area contributed by atoms with Crippen molar-refractivity contribution in [3.05, 3.63) is 63.4 Å². The Morgan fingerprint density at radius 3 is 2.90 bits per heavy atom. The minimum Gasteiger partial charge on any atom is -0.460 e. The summed E-state index contributed by atoms with van der Waals surface area (Å²) >= 11 is 6.03. The molecule has 2 fully saturated rings. The van der Waals surface area contributed by atoms with Crippen LogP contribution in [-0.4, -0.2) is 50.8 Å².